The van der Waals surface area contributed by atoms with Crippen LogP contribution in [-0.2, 0) is 24.2 Å². The van der Waals surface area contributed by atoms with E-state index in [0.717, 1.165) is 86.9 Å². The standard InChI is InChI=1S/C30H37N5O2/c1-22-6-5-7-25(18-22)31-20-24-10-11-26-28(19-24)35(21-27-29(36)12-9-23(2)32-27)30(33-26)8-3-4-13-34-14-16-37-17-15-34/h5-7,9-12,18-19,31,36H,3-4,8,13-17,20-21H2,1-2H3. The molecule has 2 aromatic carbocycles. The number of anilines is 1. The Labute approximate surface area is 219 Å². The van der Waals surface area contributed by atoms with Crippen LogP contribution in [0.5, 0.6) is 5.75 Å². The number of fused-ring (bicyclic) bond motifs is 1. The van der Waals surface area contributed by atoms with Crippen molar-refractivity contribution in [1.82, 2.24) is 19.4 Å². The molecule has 1 aliphatic rings. The molecule has 2 aromatic heterocycles. The average molecular weight is 500 g/mol. The predicted molar refractivity (Wildman–Crippen MR) is 148 cm³/mol. The highest BCUT2D eigenvalue weighted by atomic mass is 16.5. The van der Waals surface area contributed by atoms with E-state index in [4.69, 9.17) is 9.72 Å². The van der Waals surface area contributed by atoms with Gasteiger partial charge < -0.3 is 19.7 Å². The van der Waals surface area contributed by atoms with E-state index >= 15 is 0 Å². The second-order valence-corrected chi connectivity index (χ2v) is 9.99. The molecule has 7 nitrogen and oxygen atoms in total. The Morgan fingerprint density at radius 2 is 1.84 bits per heavy atom. The monoisotopic (exact) mass is 499 g/mol. The van der Waals surface area contributed by atoms with Crippen molar-refractivity contribution in [3.05, 3.63) is 82.9 Å². The lowest BCUT2D eigenvalue weighted by atomic mass is 10.1. The Kier molecular flexibility index (Phi) is 8.02. The second-order valence-electron chi connectivity index (χ2n) is 9.99. The van der Waals surface area contributed by atoms with Gasteiger partial charge in [-0.1, -0.05) is 18.2 Å². The largest absolute Gasteiger partial charge is 0.506 e. The van der Waals surface area contributed by atoms with E-state index in [1.54, 1.807) is 6.07 Å². The maximum absolute atomic E-state index is 10.5. The van der Waals surface area contributed by atoms with E-state index < -0.39 is 0 Å². The van der Waals surface area contributed by atoms with Gasteiger partial charge in [-0.2, -0.15) is 0 Å². The second kappa shape index (κ2) is 11.8. The smallest absolute Gasteiger partial charge is 0.138 e. The molecule has 0 radical (unpaired) electrons. The van der Waals surface area contributed by atoms with Crippen molar-refractivity contribution in [3.63, 3.8) is 0 Å². The van der Waals surface area contributed by atoms with Crippen LogP contribution in [0.2, 0.25) is 0 Å². The molecule has 0 bridgehead atoms. The molecule has 0 saturated carbocycles. The Hall–Kier alpha value is -3.42. The van der Waals surface area contributed by atoms with E-state index in [1.165, 1.54) is 11.1 Å². The summed E-state index contributed by atoms with van der Waals surface area (Å²) in [6.07, 6.45) is 3.08. The number of nitrogens with zero attached hydrogens (tertiary/aromatic N) is 4. The van der Waals surface area contributed by atoms with Gasteiger partial charge in [0.25, 0.3) is 0 Å². The van der Waals surface area contributed by atoms with Gasteiger partial charge in [0.2, 0.25) is 0 Å². The summed E-state index contributed by atoms with van der Waals surface area (Å²) in [4.78, 5) is 12.1. The lowest BCUT2D eigenvalue weighted by molar-refractivity contribution is 0.0372. The van der Waals surface area contributed by atoms with Crippen LogP contribution in [0.1, 0.15) is 41.2 Å². The molecule has 0 aliphatic carbocycles. The third-order valence-corrected chi connectivity index (χ3v) is 7.03. The predicted octanol–water partition coefficient (Wildman–Crippen LogP) is 5.07. The van der Waals surface area contributed by atoms with Crippen LogP contribution < -0.4 is 5.32 Å². The number of hydrogen-bond acceptors (Lipinski definition) is 6. The minimum Gasteiger partial charge on any atom is -0.506 e. The third-order valence-electron chi connectivity index (χ3n) is 7.03. The van der Waals surface area contributed by atoms with Crippen LogP contribution in [0.3, 0.4) is 0 Å². The number of aromatic nitrogens is 3. The first kappa shape index (κ1) is 25.2. The highest BCUT2D eigenvalue weighted by Gasteiger charge is 2.15. The van der Waals surface area contributed by atoms with E-state index in [1.807, 2.05) is 13.0 Å². The summed E-state index contributed by atoms with van der Waals surface area (Å²) in [6, 6.07) is 18.5. The number of pyridine rings is 1. The maximum atomic E-state index is 10.5. The Bertz CT molecular complexity index is 1340. The fourth-order valence-electron chi connectivity index (χ4n) is 4.97. The van der Waals surface area contributed by atoms with Gasteiger partial charge in [-0.05, 0) is 80.8 Å². The van der Waals surface area contributed by atoms with Crippen molar-refractivity contribution in [2.24, 2.45) is 0 Å². The molecular weight excluding hydrogens is 462 g/mol. The molecule has 4 aromatic rings. The van der Waals surface area contributed by atoms with Crippen molar-refractivity contribution in [1.29, 1.82) is 0 Å². The first-order chi connectivity index (χ1) is 18.0. The molecule has 37 heavy (non-hydrogen) atoms. The van der Waals surface area contributed by atoms with Crippen LogP contribution in [0.15, 0.2) is 54.6 Å². The van der Waals surface area contributed by atoms with E-state index in [-0.39, 0.29) is 5.75 Å². The minimum atomic E-state index is 0.225. The van der Waals surface area contributed by atoms with Crippen molar-refractivity contribution in [2.45, 2.75) is 46.2 Å². The number of morpholine rings is 1. The van der Waals surface area contributed by atoms with Gasteiger partial charge in [-0.25, -0.2) is 4.98 Å². The maximum Gasteiger partial charge on any atom is 0.138 e. The van der Waals surface area contributed by atoms with Crippen LogP contribution in [0.4, 0.5) is 5.69 Å². The number of hydrogen-bond donors (Lipinski definition) is 2. The summed E-state index contributed by atoms with van der Waals surface area (Å²) >= 11 is 0. The lowest BCUT2D eigenvalue weighted by Crippen LogP contribution is -2.36. The molecule has 1 aliphatic heterocycles. The third kappa shape index (κ3) is 6.48. The van der Waals surface area contributed by atoms with Gasteiger partial charge in [-0.15, -0.1) is 0 Å². The van der Waals surface area contributed by atoms with Crippen molar-refractivity contribution >= 4 is 16.7 Å². The fourth-order valence-corrected chi connectivity index (χ4v) is 4.97. The molecule has 3 heterocycles. The zero-order valence-electron chi connectivity index (χ0n) is 21.9. The van der Waals surface area contributed by atoms with Crippen molar-refractivity contribution < 1.29 is 9.84 Å². The summed E-state index contributed by atoms with van der Waals surface area (Å²) in [5, 5.41) is 14.1. The van der Waals surface area contributed by atoms with Gasteiger partial charge in [0.15, 0.2) is 0 Å². The van der Waals surface area contributed by atoms with Crippen LogP contribution in [0.25, 0.3) is 11.0 Å². The van der Waals surface area contributed by atoms with E-state index in [9.17, 15) is 5.11 Å². The molecule has 7 heteroatoms. The van der Waals surface area contributed by atoms with Gasteiger partial charge in [0.05, 0.1) is 30.8 Å². The average Bonchev–Trinajstić information content (AvgIpc) is 3.24. The number of aromatic hydroxyl groups is 1. The highest BCUT2D eigenvalue weighted by molar-refractivity contribution is 5.77. The molecule has 194 valence electrons. The number of benzene rings is 2. The quantitative estimate of drug-likeness (QED) is 0.297. The SMILES string of the molecule is Cc1cccc(NCc2ccc3nc(CCCCN4CCOCC4)n(Cc4nc(C)ccc4O)c3c2)c1. The Balaban J connectivity index is 1.36. The summed E-state index contributed by atoms with van der Waals surface area (Å²) in [5.74, 6) is 1.27. The molecule has 2 N–H and O–H groups in total. The molecule has 0 unspecified atom stereocenters. The number of rotatable bonds is 10. The summed E-state index contributed by atoms with van der Waals surface area (Å²) < 4.78 is 7.71. The number of nitrogens with one attached hydrogen (secondary N) is 1. The first-order valence-corrected chi connectivity index (χ1v) is 13.3. The molecule has 1 saturated heterocycles. The van der Waals surface area contributed by atoms with Gasteiger partial charge in [0.1, 0.15) is 17.3 Å². The van der Waals surface area contributed by atoms with Gasteiger partial charge in [0, 0.05) is 37.4 Å². The minimum absolute atomic E-state index is 0.225. The van der Waals surface area contributed by atoms with E-state index in [2.05, 4.69) is 69.2 Å². The summed E-state index contributed by atoms with van der Waals surface area (Å²) in [5.41, 5.74) is 7.18. The number of unbranched alkanes of at least 4 members (excludes halogenated alkanes) is 1. The van der Waals surface area contributed by atoms with Crippen molar-refractivity contribution in [3.8, 4) is 5.75 Å². The zero-order chi connectivity index (χ0) is 25.6. The summed E-state index contributed by atoms with van der Waals surface area (Å²) in [7, 11) is 0. The Morgan fingerprint density at radius 1 is 0.973 bits per heavy atom. The van der Waals surface area contributed by atoms with Crippen LogP contribution >= 0.6 is 0 Å². The first-order valence-electron chi connectivity index (χ1n) is 13.3. The van der Waals surface area contributed by atoms with Crippen LogP contribution in [-0.4, -0.2) is 57.4 Å². The summed E-state index contributed by atoms with van der Waals surface area (Å²) in [6.45, 7) is 10.1. The molecule has 1 fully saturated rings. The molecular formula is C30H37N5O2. The molecule has 0 atom stereocenters. The Morgan fingerprint density at radius 3 is 2.68 bits per heavy atom. The topological polar surface area (TPSA) is 75.4 Å². The normalized spacial score (nSPS) is 14.3. The van der Waals surface area contributed by atoms with Crippen molar-refractivity contribution in [2.75, 3.05) is 38.2 Å². The number of aryl methyl sites for hydroxylation is 3. The van der Waals surface area contributed by atoms with E-state index in [0.29, 0.717) is 12.2 Å². The molecule has 0 spiro atoms. The zero-order valence-corrected chi connectivity index (χ0v) is 21.9. The van der Waals surface area contributed by atoms with Gasteiger partial charge >= 0.3 is 0 Å². The molecule has 0 amide bonds. The highest BCUT2D eigenvalue weighted by Crippen LogP contribution is 2.24. The number of ether oxygens (including phenoxy) is 1. The number of imidazole rings is 1. The van der Waals surface area contributed by atoms with Crippen LogP contribution in [0, 0.1) is 13.8 Å². The fraction of sp³-hybridized carbons (Fsp3) is 0.400. The molecule has 5 rings (SSSR count). The van der Waals surface area contributed by atoms with Gasteiger partial charge in [-0.3, -0.25) is 9.88 Å². The lowest BCUT2D eigenvalue weighted by Gasteiger charge is -2.26.